The molecule has 0 saturated heterocycles. The van der Waals surface area contributed by atoms with E-state index < -0.39 is 5.69 Å². The molecule has 3 rings (SSSR count). The highest BCUT2D eigenvalue weighted by molar-refractivity contribution is 5.91. The van der Waals surface area contributed by atoms with Gasteiger partial charge in [-0.05, 0) is 30.7 Å². The van der Waals surface area contributed by atoms with E-state index in [4.69, 9.17) is 4.74 Å². The summed E-state index contributed by atoms with van der Waals surface area (Å²) in [6.45, 7) is 0.489. The van der Waals surface area contributed by atoms with Gasteiger partial charge in [-0.25, -0.2) is 4.79 Å². The Morgan fingerprint density at radius 2 is 1.70 bits per heavy atom. The van der Waals surface area contributed by atoms with E-state index in [2.05, 4.69) is 5.32 Å². The minimum absolute atomic E-state index is 0.182. The SMILES string of the molecule is COCCCn1c(=O)c2ccccc2n(CC(=O)Nc2ccccc2)c1=O. The van der Waals surface area contributed by atoms with E-state index >= 15 is 0 Å². The maximum Gasteiger partial charge on any atom is 0.331 e. The first-order chi connectivity index (χ1) is 13.1. The molecule has 7 nitrogen and oxygen atoms in total. The van der Waals surface area contributed by atoms with Gasteiger partial charge in [0.15, 0.2) is 0 Å². The quantitative estimate of drug-likeness (QED) is 0.646. The van der Waals surface area contributed by atoms with Gasteiger partial charge in [0, 0.05) is 25.9 Å². The van der Waals surface area contributed by atoms with Crippen molar-refractivity contribution < 1.29 is 9.53 Å². The molecule has 0 atom stereocenters. The molecule has 140 valence electrons. The zero-order valence-electron chi connectivity index (χ0n) is 15.1. The predicted molar refractivity (Wildman–Crippen MR) is 104 cm³/mol. The average molecular weight is 367 g/mol. The molecule has 0 aliphatic heterocycles. The molecule has 0 aliphatic rings. The molecule has 27 heavy (non-hydrogen) atoms. The molecule has 2 aromatic carbocycles. The van der Waals surface area contributed by atoms with Gasteiger partial charge in [0.1, 0.15) is 6.54 Å². The molecule has 1 N–H and O–H groups in total. The van der Waals surface area contributed by atoms with Crippen LogP contribution in [0, 0.1) is 0 Å². The largest absolute Gasteiger partial charge is 0.385 e. The second-order valence-corrected chi connectivity index (χ2v) is 6.10. The van der Waals surface area contributed by atoms with E-state index in [0.717, 1.165) is 4.57 Å². The third kappa shape index (κ3) is 4.15. The second-order valence-electron chi connectivity index (χ2n) is 6.10. The number of methoxy groups -OCH3 is 1. The summed E-state index contributed by atoms with van der Waals surface area (Å²) in [7, 11) is 1.56. The molecule has 0 unspecified atom stereocenters. The first-order valence-electron chi connectivity index (χ1n) is 8.68. The fraction of sp³-hybridized carbons (Fsp3) is 0.250. The lowest BCUT2D eigenvalue weighted by molar-refractivity contribution is -0.116. The lowest BCUT2D eigenvalue weighted by atomic mass is 10.2. The Morgan fingerprint density at radius 3 is 2.44 bits per heavy atom. The zero-order chi connectivity index (χ0) is 19.2. The van der Waals surface area contributed by atoms with Crippen LogP contribution >= 0.6 is 0 Å². The van der Waals surface area contributed by atoms with Crippen LogP contribution in [0.5, 0.6) is 0 Å². The lowest BCUT2D eigenvalue weighted by Crippen LogP contribution is -2.42. The van der Waals surface area contributed by atoms with Gasteiger partial charge in [-0.1, -0.05) is 30.3 Å². The van der Waals surface area contributed by atoms with Crippen LogP contribution in [0.1, 0.15) is 6.42 Å². The second kappa shape index (κ2) is 8.46. The van der Waals surface area contributed by atoms with Crippen molar-refractivity contribution in [1.29, 1.82) is 0 Å². The number of amides is 1. The number of carbonyl (C=O) groups excluding carboxylic acids is 1. The number of ether oxygens (including phenoxy) is 1. The number of nitrogens with zero attached hydrogens (tertiary/aromatic N) is 2. The normalized spacial score (nSPS) is 10.9. The highest BCUT2D eigenvalue weighted by Gasteiger charge is 2.15. The van der Waals surface area contributed by atoms with Crippen LogP contribution in [0.4, 0.5) is 5.69 Å². The third-order valence-electron chi connectivity index (χ3n) is 4.22. The number of nitrogens with one attached hydrogen (secondary N) is 1. The first kappa shape index (κ1) is 18.6. The smallest absolute Gasteiger partial charge is 0.331 e. The van der Waals surface area contributed by atoms with E-state index in [1.54, 1.807) is 43.5 Å². The summed E-state index contributed by atoms with van der Waals surface area (Å²) < 4.78 is 7.50. The van der Waals surface area contributed by atoms with Crippen LogP contribution in [0.3, 0.4) is 0 Å². The number of hydrogen-bond donors (Lipinski definition) is 1. The van der Waals surface area contributed by atoms with Crippen molar-refractivity contribution in [2.45, 2.75) is 19.5 Å². The van der Waals surface area contributed by atoms with E-state index in [0.29, 0.717) is 29.6 Å². The number of carbonyl (C=O) groups is 1. The molecule has 0 spiro atoms. The summed E-state index contributed by atoms with van der Waals surface area (Å²) in [6, 6.07) is 15.8. The summed E-state index contributed by atoms with van der Waals surface area (Å²) >= 11 is 0. The van der Waals surface area contributed by atoms with Gasteiger partial charge < -0.3 is 10.1 Å². The molecule has 0 aliphatic carbocycles. The van der Waals surface area contributed by atoms with Gasteiger partial charge in [-0.15, -0.1) is 0 Å². The monoisotopic (exact) mass is 367 g/mol. The third-order valence-corrected chi connectivity index (χ3v) is 4.22. The number of fused-ring (bicyclic) bond motifs is 1. The maximum absolute atomic E-state index is 12.9. The Hall–Kier alpha value is -3.19. The minimum atomic E-state index is -0.502. The van der Waals surface area contributed by atoms with Gasteiger partial charge in [0.05, 0.1) is 10.9 Å². The van der Waals surface area contributed by atoms with Crippen molar-refractivity contribution in [3.05, 3.63) is 75.4 Å². The minimum Gasteiger partial charge on any atom is -0.385 e. The summed E-state index contributed by atoms with van der Waals surface area (Å²) in [5, 5.41) is 3.17. The lowest BCUT2D eigenvalue weighted by Gasteiger charge is -2.14. The zero-order valence-corrected chi connectivity index (χ0v) is 15.1. The molecular formula is C20H21N3O4. The molecule has 1 aromatic heterocycles. The standard InChI is InChI=1S/C20H21N3O4/c1-27-13-7-12-22-19(25)16-10-5-6-11-17(16)23(20(22)26)14-18(24)21-15-8-3-2-4-9-15/h2-6,8-11H,7,12-14H2,1H3,(H,21,24). The molecular weight excluding hydrogens is 346 g/mol. The van der Waals surface area contributed by atoms with Crippen molar-refractivity contribution in [3.8, 4) is 0 Å². The highest BCUT2D eigenvalue weighted by Crippen LogP contribution is 2.09. The molecule has 0 bridgehead atoms. The van der Waals surface area contributed by atoms with E-state index in [9.17, 15) is 14.4 Å². The fourth-order valence-corrected chi connectivity index (χ4v) is 2.95. The molecule has 3 aromatic rings. The summed E-state index contributed by atoms with van der Waals surface area (Å²) in [4.78, 5) is 38.0. The molecule has 0 radical (unpaired) electrons. The average Bonchev–Trinajstić information content (AvgIpc) is 2.68. The van der Waals surface area contributed by atoms with Gasteiger partial charge >= 0.3 is 5.69 Å². The Kier molecular flexibility index (Phi) is 5.83. The summed E-state index contributed by atoms with van der Waals surface area (Å²) in [5.41, 5.74) is 0.233. The van der Waals surface area contributed by atoms with Crippen LogP contribution < -0.4 is 16.6 Å². The van der Waals surface area contributed by atoms with Crippen molar-refractivity contribution in [1.82, 2.24) is 9.13 Å². The first-order valence-corrected chi connectivity index (χ1v) is 8.68. The van der Waals surface area contributed by atoms with Crippen molar-refractivity contribution in [2.24, 2.45) is 0 Å². The Morgan fingerprint density at radius 1 is 1.00 bits per heavy atom. The van der Waals surface area contributed by atoms with Crippen LogP contribution in [0.25, 0.3) is 10.9 Å². The van der Waals surface area contributed by atoms with Crippen molar-refractivity contribution >= 4 is 22.5 Å². The van der Waals surface area contributed by atoms with Crippen LogP contribution in [-0.2, 0) is 22.6 Å². The van der Waals surface area contributed by atoms with Crippen LogP contribution in [0.15, 0.2) is 64.2 Å². The molecule has 1 heterocycles. The summed E-state index contributed by atoms with van der Waals surface area (Å²) in [6.07, 6.45) is 0.528. The fourth-order valence-electron chi connectivity index (χ4n) is 2.95. The number of rotatable bonds is 7. The summed E-state index contributed by atoms with van der Waals surface area (Å²) in [5.74, 6) is -0.337. The number of benzene rings is 2. The van der Waals surface area contributed by atoms with Crippen LogP contribution in [-0.4, -0.2) is 28.8 Å². The Balaban J connectivity index is 1.99. The van der Waals surface area contributed by atoms with Gasteiger partial charge in [0.25, 0.3) is 5.56 Å². The number of para-hydroxylation sites is 2. The molecule has 0 saturated carbocycles. The van der Waals surface area contributed by atoms with Crippen molar-refractivity contribution in [3.63, 3.8) is 0 Å². The Bertz CT molecular complexity index is 1050. The maximum atomic E-state index is 12.9. The number of aromatic nitrogens is 2. The van der Waals surface area contributed by atoms with Gasteiger partial charge in [-0.3, -0.25) is 18.7 Å². The van der Waals surface area contributed by atoms with E-state index in [-0.39, 0.29) is 24.6 Å². The van der Waals surface area contributed by atoms with Gasteiger partial charge in [-0.2, -0.15) is 0 Å². The highest BCUT2D eigenvalue weighted by atomic mass is 16.5. The predicted octanol–water partition coefficient (Wildman–Crippen LogP) is 1.84. The Labute approximate surface area is 155 Å². The van der Waals surface area contributed by atoms with E-state index in [1.807, 2.05) is 18.2 Å². The molecule has 7 heteroatoms. The van der Waals surface area contributed by atoms with Gasteiger partial charge in [0.2, 0.25) is 5.91 Å². The molecule has 1 amide bonds. The number of hydrogen-bond acceptors (Lipinski definition) is 4. The topological polar surface area (TPSA) is 82.3 Å². The number of anilines is 1. The van der Waals surface area contributed by atoms with E-state index in [1.165, 1.54) is 4.57 Å². The van der Waals surface area contributed by atoms with Crippen LogP contribution in [0.2, 0.25) is 0 Å². The van der Waals surface area contributed by atoms with Crippen molar-refractivity contribution in [2.75, 3.05) is 19.0 Å². The molecule has 0 fully saturated rings.